The minimum Gasteiger partial charge on any atom is -0.312 e. The first-order chi connectivity index (χ1) is 9.61. The van der Waals surface area contributed by atoms with E-state index in [1.54, 1.807) is 12.1 Å². The highest BCUT2D eigenvalue weighted by Gasteiger charge is 2.23. The lowest BCUT2D eigenvalue weighted by Crippen LogP contribution is -2.30. The molecule has 1 aliphatic heterocycles. The molecule has 0 amide bonds. The van der Waals surface area contributed by atoms with Crippen molar-refractivity contribution in [2.24, 2.45) is 5.92 Å². The van der Waals surface area contributed by atoms with E-state index in [0.29, 0.717) is 24.1 Å². The number of rotatable bonds is 5. The topological polar surface area (TPSA) is 39.1 Å². The fraction of sp³-hybridized carbons (Fsp3) is 0.562. The highest BCUT2D eigenvalue weighted by atomic mass is 19.1. The van der Waals surface area contributed by atoms with Gasteiger partial charge >= 0.3 is 0 Å². The van der Waals surface area contributed by atoms with Crippen molar-refractivity contribution < 1.29 is 4.39 Å². The standard InChI is InChI=1S/C16H22FN3/c1-12(2)20-7-6-13(11-20)9-19-10-15-5-3-4-14(8-18)16(15)17/h3-5,12-13,19H,6-7,9-11H2,1-2H3. The smallest absolute Gasteiger partial charge is 0.145 e. The molecule has 1 aromatic carbocycles. The van der Waals surface area contributed by atoms with Crippen molar-refractivity contribution >= 4 is 0 Å². The molecule has 2 rings (SSSR count). The maximum absolute atomic E-state index is 13.9. The highest BCUT2D eigenvalue weighted by molar-refractivity contribution is 5.34. The summed E-state index contributed by atoms with van der Waals surface area (Å²) in [6, 6.07) is 7.45. The SMILES string of the molecule is CC(C)N1CCC(CNCc2cccc(C#N)c2F)C1. The minimum absolute atomic E-state index is 0.121. The lowest BCUT2D eigenvalue weighted by atomic mass is 10.1. The predicted octanol–water partition coefficient (Wildman–Crippen LogP) is 2.52. The van der Waals surface area contributed by atoms with Crippen LogP contribution < -0.4 is 5.32 Å². The molecule has 1 N–H and O–H groups in total. The molecule has 0 radical (unpaired) electrons. The third-order valence-electron chi connectivity index (χ3n) is 4.00. The Hall–Kier alpha value is -1.44. The summed E-state index contributed by atoms with van der Waals surface area (Å²) in [6.45, 7) is 8.10. The molecular weight excluding hydrogens is 253 g/mol. The van der Waals surface area contributed by atoms with Gasteiger partial charge in [-0.2, -0.15) is 5.26 Å². The second-order valence-corrected chi connectivity index (χ2v) is 5.76. The van der Waals surface area contributed by atoms with Crippen LogP contribution in [0.15, 0.2) is 18.2 Å². The lowest BCUT2D eigenvalue weighted by molar-refractivity contribution is 0.264. The molecule has 1 unspecified atom stereocenters. The van der Waals surface area contributed by atoms with E-state index in [9.17, 15) is 4.39 Å². The van der Waals surface area contributed by atoms with Crippen LogP contribution in [0.25, 0.3) is 0 Å². The van der Waals surface area contributed by atoms with Gasteiger partial charge in [0.25, 0.3) is 0 Å². The van der Waals surface area contributed by atoms with Crippen LogP contribution in [0.1, 0.15) is 31.4 Å². The van der Waals surface area contributed by atoms with Crippen molar-refractivity contribution in [2.45, 2.75) is 32.9 Å². The van der Waals surface area contributed by atoms with Crippen LogP contribution in [0, 0.1) is 23.1 Å². The van der Waals surface area contributed by atoms with Gasteiger partial charge in [-0.1, -0.05) is 12.1 Å². The van der Waals surface area contributed by atoms with Crippen molar-refractivity contribution in [1.29, 1.82) is 5.26 Å². The van der Waals surface area contributed by atoms with E-state index in [1.165, 1.54) is 12.5 Å². The van der Waals surface area contributed by atoms with E-state index >= 15 is 0 Å². The summed E-state index contributed by atoms with van der Waals surface area (Å²) >= 11 is 0. The Morgan fingerprint density at radius 2 is 2.30 bits per heavy atom. The summed E-state index contributed by atoms with van der Waals surface area (Å²) in [5.74, 6) is 0.248. The quantitative estimate of drug-likeness (QED) is 0.897. The zero-order valence-electron chi connectivity index (χ0n) is 12.2. The van der Waals surface area contributed by atoms with Gasteiger partial charge in [0.2, 0.25) is 0 Å². The maximum atomic E-state index is 13.9. The van der Waals surface area contributed by atoms with Crippen molar-refractivity contribution in [3.63, 3.8) is 0 Å². The number of nitrogens with one attached hydrogen (secondary N) is 1. The van der Waals surface area contributed by atoms with Crippen LogP contribution >= 0.6 is 0 Å². The first-order valence-electron chi connectivity index (χ1n) is 7.24. The van der Waals surface area contributed by atoms with E-state index in [-0.39, 0.29) is 5.56 Å². The molecule has 1 fully saturated rings. The van der Waals surface area contributed by atoms with Gasteiger partial charge in [0, 0.05) is 24.7 Å². The maximum Gasteiger partial charge on any atom is 0.145 e. The molecule has 0 bridgehead atoms. The van der Waals surface area contributed by atoms with Gasteiger partial charge < -0.3 is 10.2 Å². The van der Waals surface area contributed by atoms with Gasteiger partial charge in [0.15, 0.2) is 0 Å². The number of likely N-dealkylation sites (tertiary alicyclic amines) is 1. The number of nitrogens with zero attached hydrogens (tertiary/aromatic N) is 2. The number of hydrogen-bond acceptors (Lipinski definition) is 3. The van der Waals surface area contributed by atoms with Crippen molar-refractivity contribution in [2.75, 3.05) is 19.6 Å². The Balaban J connectivity index is 1.81. The zero-order valence-corrected chi connectivity index (χ0v) is 12.2. The molecule has 108 valence electrons. The summed E-state index contributed by atoms with van der Waals surface area (Å²) in [5, 5.41) is 12.1. The van der Waals surface area contributed by atoms with Gasteiger partial charge in [0.1, 0.15) is 11.9 Å². The number of halogens is 1. The van der Waals surface area contributed by atoms with Gasteiger partial charge in [-0.15, -0.1) is 0 Å². The summed E-state index contributed by atoms with van der Waals surface area (Å²) in [7, 11) is 0. The lowest BCUT2D eigenvalue weighted by Gasteiger charge is -2.20. The Kier molecular flexibility index (Phi) is 5.11. The van der Waals surface area contributed by atoms with E-state index in [2.05, 4.69) is 24.1 Å². The van der Waals surface area contributed by atoms with Crippen molar-refractivity contribution in [1.82, 2.24) is 10.2 Å². The molecule has 1 atom stereocenters. The molecule has 20 heavy (non-hydrogen) atoms. The van der Waals surface area contributed by atoms with Crippen molar-refractivity contribution in [3.05, 3.63) is 35.1 Å². The van der Waals surface area contributed by atoms with Gasteiger partial charge in [-0.3, -0.25) is 0 Å². The molecule has 1 heterocycles. The number of hydrogen-bond donors (Lipinski definition) is 1. The fourth-order valence-corrected chi connectivity index (χ4v) is 2.71. The number of nitriles is 1. The molecule has 0 aliphatic carbocycles. The average Bonchev–Trinajstić information content (AvgIpc) is 2.90. The van der Waals surface area contributed by atoms with E-state index < -0.39 is 5.82 Å². The van der Waals surface area contributed by atoms with Crippen LogP contribution in [0.3, 0.4) is 0 Å². The summed E-state index contributed by atoms with van der Waals surface area (Å²) in [5.41, 5.74) is 0.693. The summed E-state index contributed by atoms with van der Waals surface area (Å²) in [4.78, 5) is 2.48. The summed E-state index contributed by atoms with van der Waals surface area (Å²) < 4.78 is 13.9. The minimum atomic E-state index is -0.391. The Bertz CT molecular complexity index is 493. The summed E-state index contributed by atoms with van der Waals surface area (Å²) in [6.07, 6.45) is 1.20. The van der Waals surface area contributed by atoms with E-state index in [4.69, 9.17) is 5.26 Å². The second-order valence-electron chi connectivity index (χ2n) is 5.76. The van der Waals surface area contributed by atoms with E-state index in [1.807, 2.05) is 6.07 Å². The normalized spacial score (nSPS) is 19.4. The van der Waals surface area contributed by atoms with Crippen LogP contribution in [0.4, 0.5) is 4.39 Å². The van der Waals surface area contributed by atoms with Crippen LogP contribution in [-0.2, 0) is 6.54 Å². The second kappa shape index (κ2) is 6.83. The number of benzene rings is 1. The average molecular weight is 275 g/mol. The molecule has 0 saturated carbocycles. The molecule has 0 aromatic heterocycles. The first-order valence-corrected chi connectivity index (χ1v) is 7.24. The largest absolute Gasteiger partial charge is 0.312 e. The molecule has 3 nitrogen and oxygen atoms in total. The van der Waals surface area contributed by atoms with Gasteiger partial charge in [0.05, 0.1) is 5.56 Å². The Labute approximate surface area is 120 Å². The molecule has 0 spiro atoms. The molecule has 1 aromatic rings. The monoisotopic (exact) mass is 275 g/mol. The molecule has 4 heteroatoms. The Morgan fingerprint density at radius 1 is 1.50 bits per heavy atom. The predicted molar refractivity (Wildman–Crippen MR) is 77.6 cm³/mol. The fourth-order valence-electron chi connectivity index (χ4n) is 2.71. The first kappa shape index (κ1) is 15.0. The molecule has 1 saturated heterocycles. The van der Waals surface area contributed by atoms with E-state index in [0.717, 1.165) is 19.6 Å². The van der Waals surface area contributed by atoms with Gasteiger partial charge in [-0.25, -0.2) is 4.39 Å². The molecule has 1 aliphatic rings. The zero-order chi connectivity index (χ0) is 14.5. The third-order valence-corrected chi connectivity index (χ3v) is 4.00. The van der Waals surface area contributed by atoms with Crippen LogP contribution in [-0.4, -0.2) is 30.6 Å². The Morgan fingerprint density at radius 3 is 2.95 bits per heavy atom. The highest BCUT2D eigenvalue weighted by Crippen LogP contribution is 2.18. The third kappa shape index (κ3) is 3.56. The van der Waals surface area contributed by atoms with Crippen LogP contribution in [0.2, 0.25) is 0 Å². The van der Waals surface area contributed by atoms with Crippen LogP contribution in [0.5, 0.6) is 0 Å². The molecular formula is C16H22FN3. The van der Waals surface area contributed by atoms with Gasteiger partial charge in [-0.05, 0) is 45.3 Å². The van der Waals surface area contributed by atoms with Crippen molar-refractivity contribution in [3.8, 4) is 6.07 Å².